The van der Waals surface area contributed by atoms with E-state index in [1.54, 1.807) is 4.90 Å². The van der Waals surface area contributed by atoms with Gasteiger partial charge in [-0.1, -0.05) is 6.42 Å². The summed E-state index contributed by atoms with van der Waals surface area (Å²) in [5.41, 5.74) is 5.32. The lowest BCUT2D eigenvalue weighted by Gasteiger charge is -2.25. The number of unbranched alkanes of at least 4 members (excludes halogenated alkanes) is 2. The van der Waals surface area contributed by atoms with Gasteiger partial charge in [0.2, 0.25) is 11.8 Å². The van der Waals surface area contributed by atoms with Crippen molar-refractivity contribution in [1.29, 1.82) is 0 Å². The molecule has 0 aromatic heterocycles. The van der Waals surface area contributed by atoms with Gasteiger partial charge in [-0.25, -0.2) is 0 Å². The Morgan fingerprint density at radius 1 is 0.917 bits per heavy atom. The van der Waals surface area contributed by atoms with Crippen molar-refractivity contribution in [3.63, 3.8) is 0 Å². The Bertz CT molecular complexity index is 567. The lowest BCUT2D eigenvalue weighted by molar-refractivity contribution is -0.134. The largest absolute Gasteiger partial charge is 0.391 e. The fraction of sp³-hybridized carbons (Fsp3) is 0.920. The van der Waals surface area contributed by atoms with E-state index < -0.39 is 6.10 Å². The van der Waals surface area contributed by atoms with Crippen LogP contribution in [0, 0.1) is 0 Å². The Kier molecular flexibility index (Phi) is 19.7. The molecule has 0 spiro atoms. The summed E-state index contributed by atoms with van der Waals surface area (Å²) in [7, 11) is 0. The molecule has 0 aromatic carbocycles. The molecule has 0 aromatic rings. The van der Waals surface area contributed by atoms with Crippen LogP contribution in [-0.4, -0.2) is 119 Å². The van der Waals surface area contributed by atoms with E-state index in [0.29, 0.717) is 98.4 Å². The molecule has 0 aliphatic carbocycles. The van der Waals surface area contributed by atoms with E-state index in [2.05, 4.69) is 5.32 Å². The van der Waals surface area contributed by atoms with E-state index in [0.717, 1.165) is 19.3 Å². The highest BCUT2D eigenvalue weighted by Crippen LogP contribution is 2.20. The van der Waals surface area contributed by atoms with Crippen LogP contribution < -0.4 is 11.1 Å². The Labute approximate surface area is 216 Å². The zero-order valence-electron chi connectivity index (χ0n) is 22.3. The van der Waals surface area contributed by atoms with Crippen LogP contribution in [0.2, 0.25) is 0 Å². The smallest absolute Gasteiger partial charge is 0.222 e. The molecule has 0 unspecified atom stereocenters. The predicted octanol–water partition coefficient (Wildman–Crippen LogP) is 0.465. The number of carbonyl (C=O) groups is 2. The highest BCUT2D eigenvalue weighted by molar-refractivity contribution is 5.77. The molecule has 1 heterocycles. The Balaban J connectivity index is 1.91. The maximum atomic E-state index is 12.5. The van der Waals surface area contributed by atoms with E-state index in [4.69, 9.17) is 29.4 Å². The summed E-state index contributed by atoms with van der Waals surface area (Å²) in [6, 6.07) is -0.0471. The van der Waals surface area contributed by atoms with Gasteiger partial charge in [0.15, 0.2) is 0 Å². The van der Waals surface area contributed by atoms with Crippen molar-refractivity contribution in [3.8, 4) is 0 Å². The highest BCUT2D eigenvalue weighted by Gasteiger charge is 2.34. The first-order chi connectivity index (χ1) is 17.4. The van der Waals surface area contributed by atoms with Gasteiger partial charge in [0, 0.05) is 32.5 Å². The van der Waals surface area contributed by atoms with Gasteiger partial charge in [-0.15, -0.1) is 0 Å². The summed E-state index contributed by atoms with van der Waals surface area (Å²) in [6.07, 6.45) is 3.39. The third-order valence-corrected chi connectivity index (χ3v) is 5.58. The molecule has 0 bridgehead atoms. The molecule has 11 heteroatoms. The standard InChI is InChI=1S/C25H49N3O8/c1-21(2)36-20-22-18-23(29)19-28(22)25(31)6-4-3-5-9-27-24(30)7-10-32-12-14-34-16-17-35-15-13-33-11-8-26/h21-23,29H,3-20,26H2,1-2H3,(H,27,30)/t22-,23+/m0/s1. The number of hydrogen-bond acceptors (Lipinski definition) is 9. The zero-order chi connectivity index (χ0) is 26.4. The zero-order valence-corrected chi connectivity index (χ0v) is 22.3. The number of aliphatic hydroxyl groups excluding tert-OH is 1. The van der Waals surface area contributed by atoms with Crippen molar-refractivity contribution >= 4 is 11.8 Å². The number of aliphatic hydroxyl groups is 1. The molecule has 212 valence electrons. The van der Waals surface area contributed by atoms with Crippen LogP contribution in [0.1, 0.15) is 52.4 Å². The molecule has 2 amide bonds. The molecule has 1 aliphatic heterocycles. The minimum atomic E-state index is -0.473. The number of nitrogens with one attached hydrogen (secondary N) is 1. The maximum absolute atomic E-state index is 12.5. The number of ether oxygens (including phenoxy) is 5. The van der Waals surface area contributed by atoms with Crippen LogP contribution >= 0.6 is 0 Å². The first kappa shape index (κ1) is 32.7. The second kappa shape index (κ2) is 21.7. The topological polar surface area (TPSA) is 142 Å². The first-order valence-electron chi connectivity index (χ1n) is 13.3. The summed E-state index contributed by atoms with van der Waals surface area (Å²) in [6.45, 7) is 9.67. The van der Waals surface area contributed by atoms with Crippen LogP contribution in [-0.2, 0) is 33.3 Å². The molecule has 1 saturated heterocycles. The number of carbonyl (C=O) groups excluding carboxylic acids is 2. The van der Waals surface area contributed by atoms with Crippen molar-refractivity contribution in [2.24, 2.45) is 5.73 Å². The minimum absolute atomic E-state index is 0.0451. The molecule has 1 fully saturated rings. The van der Waals surface area contributed by atoms with Gasteiger partial charge in [0.1, 0.15) is 0 Å². The first-order valence-corrected chi connectivity index (χ1v) is 13.3. The SMILES string of the molecule is CC(C)OC[C@@H]1C[C@@H](O)CN1C(=O)CCCCCNC(=O)CCOCCOCCOCCOCCN. The average Bonchev–Trinajstić information content (AvgIpc) is 3.23. The minimum Gasteiger partial charge on any atom is -0.391 e. The van der Waals surface area contributed by atoms with Crippen LogP contribution in [0.4, 0.5) is 0 Å². The number of nitrogens with zero attached hydrogens (tertiary/aromatic N) is 1. The van der Waals surface area contributed by atoms with Gasteiger partial charge in [0.05, 0.1) is 77.7 Å². The number of hydrogen-bond donors (Lipinski definition) is 3. The van der Waals surface area contributed by atoms with Gasteiger partial charge < -0.3 is 44.7 Å². The molecule has 36 heavy (non-hydrogen) atoms. The average molecular weight is 520 g/mol. The Morgan fingerprint density at radius 2 is 1.53 bits per heavy atom. The summed E-state index contributed by atoms with van der Waals surface area (Å²) in [4.78, 5) is 26.2. The molecule has 2 atom stereocenters. The second-order valence-electron chi connectivity index (χ2n) is 9.12. The van der Waals surface area contributed by atoms with Crippen LogP contribution in [0.15, 0.2) is 0 Å². The van der Waals surface area contributed by atoms with Gasteiger partial charge in [-0.3, -0.25) is 9.59 Å². The van der Waals surface area contributed by atoms with E-state index in [1.807, 2.05) is 13.8 Å². The van der Waals surface area contributed by atoms with Gasteiger partial charge >= 0.3 is 0 Å². The lowest BCUT2D eigenvalue weighted by Crippen LogP contribution is -2.39. The molecule has 4 N–H and O–H groups in total. The van der Waals surface area contributed by atoms with Crippen LogP contribution in [0.3, 0.4) is 0 Å². The summed E-state index contributed by atoms with van der Waals surface area (Å²) in [5.74, 6) is 0.0193. The number of likely N-dealkylation sites (tertiary alicyclic amines) is 1. The normalized spacial score (nSPS) is 17.8. The van der Waals surface area contributed by atoms with E-state index in [-0.39, 0.29) is 24.0 Å². The molecular formula is C25H49N3O8. The monoisotopic (exact) mass is 519 g/mol. The predicted molar refractivity (Wildman–Crippen MR) is 136 cm³/mol. The summed E-state index contributed by atoms with van der Waals surface area (Å²) < 4.78 is 27.0. The van der Waals surface area contributed by atoms with E-state index >= 15 is 0 Å². The van der Waals surface area contributed by atoms with Crippen LogP contribution in [0.25, 0.3) is 0 Å². The highest BCUT2D eigenvalue weighted by atomic mass is 16.6. The van der Waals surface area contributed by atoms with Gasteiger partial charge in [-0.05, 0) is 33.1 Å². The molecule has 1 rings (SSSR count). The maximum Gasteiger partial charge on any atom is 0.222 e. The Hall–Kier alpha value is -1.34. The van der Waals surface area contributed by atoms with Crippen molar-refractivity contribution in [3.05, 3.63) is 0 Å². The molecule has 11 nitrogen and oxygen atoms in total. The quantitative estimate of drug-likeness (QED) is 0.164. The van der Waals surface area contributed by atoms with Crippen molar-refractivity contribution in [2.45, 2.75) is 70.6 Å². The summed E-state index contributed by atoms with van der Waals surface area (Å²) in [5, 5.41) is 12.8. The van der Waals surface area contributed by atoms with E-state index in [9.17, 15) is 14.7 Å². The second-order valence-corrected chi connectivity index (χ2v) is 9.12. The van der Waals surface area contributed by atoms with Gasteiger partial charge in [0.25, 0.3) is 0 Å². The third kappa shape index (κ3) is 17.2. The van der Waals surface area contributed by atoms with Crippen LogP contribution in [0.5, 0.6) is 0 Å². The Morgan fingerprint density at radius 3 is 2.14 bits per heavy atom. The molecule has 0 saturated carbocycles. The van der Waals surface area contributed by atoms with E-state index in [1.165, 1.54) is 0 Å². The molecule has 1 aliphatic rings. The number of amides is 2. The fourth-order valence-electron chi connectivity index (χ4n) is 3.71. The third-order valence-electron chi connectivity index (χ3n) is 5.58. The number of β-amino-alcohol motifs (C(OH)–C–C–N with tert-alkyl or cyclic N) is 1. The molecular weight excluding hydrogens is 470 g/mol. The lowest BCUT2D eigenvalue weighted by atomic mass is 10.1. The molecule has 0 radical (unpaired) electrons. The van der Waals surface area contributed by atoms with Crippen molar-refractivity contribution < 1.29 is 38.4 Å². The number of nitrogens with two attached hydrogens (primary N) is 1. The fourth-order valence-corrected chi connectivity index (χ4v) is 3.71. The van der Waals surface area contributed by atoms with Gasteiger partial charge in [-0.2, -0.15) is 0 Å². The number of rotatable bonds is 23. The summed E-state index contributed by atoms with van der Waals surface area (Å²) >= 11 is 0. The van der Waals surface area contributed by atoms with Crippen molar-refractivity contribution in [2.75, 3.05) is 79.1 Å². The van der Waals surface area contributed by atoms with Crippen molar-refractivity contribution in [1.82, 2.24) is 10.2 Å².